The van der Waals surface area contributed by atoms with Gasteiger partial charge < -0.3 is 16.2 Å². The highest BCUT2D eigenvalue weighted by atomic mass is 16.3. The maximum absolute atomic E-state index is 11.8. The Morgan fingerprint density at radius 3 is 2.58 bits per heavy atom. The molecule has 0 aliphatic rings. The summed E-state index contributed by atoms with van der Waals surface area (Å²) >= 11 is 0. The number of benzene rings is 2. The van der Waals surface area contributed by atoms with E-state index in [0.29, 0.717) is 24.2 Å². The summed E-state index contributed by atoms with van der Waals surface area (Å²) in [5.41, 5.74) is 7.82. The van der Waals surface area contributed by atoms with E-state index in [1.54, 1.807) is 36.4 Å². The molecule has 0 radical (unpaired) electrons. The van der Waals surface area contributed by atoms with Crippen LogP contribution < -0.4 is 11.1 Å². The lowest BCUT2D eigenvalue weighted by molar-refractivity contribution is 0.0954. The van der Waals surface area contributed by atoms with E-state index < -0.39 is 0 Å². The van der Waals surface area contributed by atoms with Crippen molar-refractivity contribution in [2.24, 2.45) is 0 Å². The van der Waals surface area contributed by atoms with Gasteiger partial charge in [-0.15, -0.1) is 0 Å². The van der Waals surface area contributed by atoms with Crippen LogP contribution in [0.3, 0.4) is 0 Å². The molecule has 0 heterocycles. The van der Waals surface area contributed by atoms with Gasteiger partial charge in [0, 0.05) is 17.8 Å². The molecule has 0 fully saturated rings. The number of amides is 1. The van der Waals surface area contributed by atoms with Crippen molar-refractivity contribution in [2.75, 3.05) is 12.3 Å². The third-order valence-corrected chi connectivity index (χ3v) is 2.78. The quantitative estimate of drug-likeness (QED) is 0.732. The van der Waals surface area contributed by atoms with E-state index in [-0.39, 0.29) is 11.7 Å². The Bertz CT molecular complexity index is 565. The van der Waals surface area contributed by atoms with Gasteiger partial charge in [-0.1, -0.05) is 18.2 Å². The molecule has 98 valence electrons. The average Bonchev–Trinajstić information content (AvgIpc) is 2.41. The van der Waals surface area contributed by atoms with Gasteiger partial charge in [0.1, 0.15) is 5.75 Å². The Labute approximate surface area is 111 Å². The number of aromatic hydroxyl groups is 1. The van der Waals surface area contributed by atoms with Crippen molar-refractivity contribution in [3.63, 3.8) is 0 Å². The number of carbonyl (C=O) groups is 1. The molecular weight excluding hydrogens is 240 g/mol. The summed E-state index contributed by atoms with van der Waals surface area (Å²) < 4.78 is 0. The summed E-state index contributed by atoms with van der Waals surface area (Å²) in [6, 6.07) is 13.8. The zero-order valence-electron chi connectivity index (χ0n) is 10.5. The Morgan fingerprint density at radius 2 is 1.89 bits per heavy atom. The van der Waals surface area contributed by atoms with Gasteiger partial charge in [-0.05, 0) is 42.3 Å². The van der Waals surface area contributed by atoms with Crippen LogP contribution in [0.1, 0.15) is 15.9 Å². The standard InChI is InChI=1S/C15H16N2O2/c16-13-3-1-2-12(10-13)15(19)17-9-8-11-4-6-14(18)7-5-11/h1-7,10,18H,8-9,16H2,(H,17,19). The normalized spacial score (nSPS) is 10.1. The summed E-state index contributed by atoms with van der Waals surface area (Å²) in [6.07, 6.45) is 0.717. The number of hydrogen-bond donors (Lipinski definition) is 3. The summed E-state index contributed by atoms with van der Waals surface area (Å²) in [7, 11) is 0. The molecule has 4 nitrogen and oxygen atoms in total. The number of nitrogen functional groups attached to an aromatic ring is 1. The lowest BCUT2D eigenvalue weighted by Crippen LogP contribution is -2.25. The van der Waals surface area contributed by atoms with Gasteiger partial charge in [0.25, 0.3) is 5.91 Å². The van der Waals surface area contributed by atoms with Gasteiger partial charge in [0.2, 0.25) is 0 Å². The van der Waals surface area contributed by atoms with Crippen molar-refractivity contribution in [1.82, 2.24) is 5.32 Å². The van der Waals surface area contributed by atoms with E-state index in [0.717, 1.165) is 5.56 Å². The number of hydrogen-bond acceptors (Lipinski definition) is 3. The van der Waals surface area contributed by atoms with E-state index in [9.17, 15) is 4.79 Å². The fourth-order valence-electron chi connectivity index (χ4n) is 1.76. The molecule has 0 aliphatic carbocycles. The SMILES string of the molecule is Nc1cccc(C(=O)NCCc2ccc(O)cc2)c1. The van der Waals surface area contributed by atoms with Crippen LogP contribution >= 0.6 is 0 Å². The summed E-state index contributed by atoms with van der Waals surface area (Å²) in [4.78, 5) is 11.8. The Morgan fingerprint density at radius 1 is 1.16 bits per heavy atom. The van der Waals surface area contributed by atoms with Gasteiger partial charge >= 0.3 is 0 Å². The first kappa shape index (κ1) is 13.0. The Kier molecular flexibility index (Phi) is 4.03. The minimum Gasteiger partial charge on any atom is -0.508 e. The molecular formula is C15H16N2O2. The van der Waals surface area contributed by atoms with Crippen LogP contribution in [-0.4, -0.2) is 17.6 Å². The lowest BCUT2D eigenvalue weighted by Gasteiger charge is -2.06. The maximum Gasteiger partial charge on any atom is 0.251 e. The number of carbonyl (C=O) groups excluding carboxylic acids is 1. The molecule has 4 heteroatoms. The van der Waals surface area contributed by atoms with E-state index >= 15 is 0 Å². The third kappa shape index (κ3) is 3.74. The van der Waals surface area contributed by atoms with E-state index in [2.05, 4.69) is 5.32 Å². The molecule has 0 bridgehead atoms. The maximum atomic E-state index is 11.8. The average molecular weight is 256 g/mol. The molecule has 2 aromatic rings. The predicted octanol–water partition coefficient (Wildman–Crippen LogP) is 1.95. The topological polar surface area (TPSA) is 75.4 Å². The molecule has 0 aliphatic heterocycles. The van der Waals surface area contributed by atoms with Crippen molar-refractivity contribution in [2.45, 2.75) is 6.42 Å². The third-order valence-electron chi connectivity index (χ3n) is 2.78. The molecule has 0 saturated carbocycles. The zero-order valence-corrected chi connectivity index (χ0v) is 10.5. The van der Waals surface area contributed by atoms with Gasteiger partial charge in [-0.2, -0.15) is 0 Å². The minimum atomic E-state index is -0.133. The number of nitrogens with one attached hydrogen (secondary N) is 1. The van der Waals surface area contributed by atoms with Gasteiger partial charge in [-0.25, -0.2) is 0 Å². The predicted molar refractivity (Wildman–Crippen MR) is 75.0 cm³/mol. The molecule has 1 amide bonds. The Hall–Kier alpha value is -2.49. The fraction of sp³-hybridized carbons (Fsp3) is 0.133. The second kappa shape index (κ2) is 5.91. The minimum absolute atomic E-state index is 0.133. The highest BCUT2D eigenvalue weighted by Crippen LogP contribution is 2.10. The highest BCUT2D eigenvalue weighted by molar-refractivity contribution is 5.94. The van der Waals surface area contributed by atoms with Crippen LogP contribution in [0.15, 0.2) is 48.5 Å². The fourth-order valence-corrected chi connectivity index (χ4v) is 1.76. The Balaban J connectivity index is 1.86. The van der Waals surface area contributed by atoms with E-state index in [1.807, 2.05) is 12.1 Å². The molecule has 2 aromatic carbocycles. The number of rotatable bonds is 4. The number of phenolic OH excluding ortho intramolecular Hbond substituents is 1. The van der Waals surface area contributed by atoms with Crippen LogP contribution in [0, 0.1) is 0 Å². The van der Waals surface area contributed by atoms with E-state index in [1.165, 1.54) is 0 Å². The lowest BCUT2D eigenvalue weighted by atomic mass is 10.1. The number of phenols is 1. The molecule has 0 aromatic heterocycles. The van der Waals surface area contributed by atoms with Crippen molar-refractivity contribution >= 4 is 11.6 Å². The van der Waals surface area contributed by atoms with Crippen LogP contribution in [0.25, 0.3) is 0 Å². The molecule has 2 rings (SSSR count). The summed E-state index contributed by atoms with van der Waals surface area (Å²) in [5, 5.41) is 12.0. The van der Waals surface area contributed by atoms with Crippen molar-refractivity contribution < 1.29 is 9.90 Å². The van der Waals surface area contributed by atoms with Crippen LogP contribution in [0.2, 0.25) is 0 Å². The monoisotopic (exact) mass is 256 g/mol. The van der Waals surface area contributed by atoms with Crippen molar-refractivity contribution in [1.29, 1.82) is 0 Å². The second-order valence-electron chi connectivity index (χ2n) is 4.30. The van der Waals surface area contributed by atoms with Crippen LogP contribution in [0.5, 0.6) is 5.75 Å². The summed E-state index contributed by atoms with van der Waals surface area (Å²) in [6.45, 7) is 0.540. The first-order chi connectivity index (χ1) is 9.15. The largest absolute Gasteiger partial charge is 0.508 e. The molecule has 0 saturated heterocycles. The first-order valence-electron chi connectivity index (χ1n) is 6.07. The van der Waals surface area contributed by atoms with Crippen LogP contribution in [-0.2, 0) is 6.42 Å². The smallest absolute Gasteiger partial charge is 0.251 e. The highest BCUT2D eigenvalue weighted by Gasteiger charge is 2.04. The van der Waals surface area contributed by atoms with Crippen molar-refractivity contribution in [3.05, 3.63) is 59.7 Å². The second-order valence-corrected chi connectivity index (χ2v) is 4.30. The van der Waals surface area contributed by atoms with Crippen molar-refractivity contribution in [3.8, 4) is 5.75 Å². The number of anilines is 1. The molecule has 4 N–H and O–H groups in total. The van der Waals surface area contributed by atoms with Gasteiger partial charge in [-0.3, -0.25) is 4.79 Å². The zero-order chi connectivity index (χ0) is 13.7. The molecule has 0 atom stereocenters. The van der Waals surface area contributed by atoms with Gasteiger partial charge in [0.15, 0.2) is 0 Å². The number of nitrogens with two attached hydrogens (primary N) is 1. The first-order valence-corrected chi connectivity index (χ1v) is 6.07. The van der Waals surface area contributed by atoms with E-state index in [4.69, 9.17) is 10.8 Å². The molecule has 19 heavy (non-hydrogen) atoms. The van der Waals surface area contributed by atoms with Crippen LogP contribution in [0.4, 0.5) is 5.69 Å². The molecule has 0 spiro atoms. The molecule has 0 unspecified atom stereocenters. The van der Waals surface area contributed by atoms with Gasteiger partial charge in [0.05, 0.1) is 0 Å². The summed E-state index contributed by atoms with van der Waals surface area (Å²) in [5.74, 6) is 0.110.